The van der Waals surface area contributed by atoms with Crippen LogP contribution in [-0.4, -0.2) is 47.0 Å². The van der Waals surface area contributed by atoms with E-state index in [-0.39, 0.29) is 19.4 Å². The summed E-state index contributed by atoms with van der Waals surface area (Å²) in [6, 6.07) is 9.54. The fourth-order valence-electron chi connectivity index (χ4n) is 3.12. The van der Waals surface area contributed by atoms with Gasteiger partial charge in [0.15, 0.2) is 18.6 Å². The van der Waals surface area contributed by atoms with Gasteiger partial charge in [-0.25, -0.2) is 9.59 Å². The summed E-state index contributed by atoms with van der Waals surface area (Å²) in [5, 5.41) is 0. The molecule has 0 spiro atoms. The van der Waals surface area contributed by atoms with E-state index < -0.39 is 43.2 Å². The Labute approximate surface area is 178 Å². The van der Waals surface area contributed by atoms with Crippen LogP contribution in [0.2, 0.25) is 0 Å². The number of nitrogens with zero attached hydrogens (tertiary/aromatic N) is 1. The number of carbonyl (C=O) groups is 1. The molecule has 1 aliphatic heterocycles. The van der Waals surface area contributed by atoms with Gasteiger partial charge < -0.3 is 18.7 Å². The molecule has 31 heavy (non-hydrogen) atoms. The molecule has 1 unspecified atom stereocenters. The number of H-pyrrole nitrogens is 1. The maximum atomic E-state index is 12.6. The Bertz CT molecular complexity index is 1050. The lowest BCUT2D eigenvalue weighted by Gasteiger charge is -2.21. The molecule has 0 radical (unpaired) electrons. The van der Waals surface area contributed by atoms with Gasteiger partial charge in [-0.1, -0.05) is 25.1 Å². The zero-order valence-electron chi connectivity index (χ0n) is 17.3. The summed E-state index contributed by atoms with van der Waals surface area (Å²) in [6.45, 7) is 3.77. The number of ether oxygens (including phenoxy) is 3. The molecule has 0 saturated carbocycles. The molecule has 0 bridgehead atoms. The third-order valence-corrected chi connectivity index (χ3v) is 6.97. The number of hydrogen-bond donors (Lipinski definition) is 1. The Morgan fingerprint density at radius 3 is 2.61 bits per heavy atom. The van der Waals surface area contributed by atoms with E-state index in [0.29, 0.717) is 11.7 Å². The molecule has 4 atom stereocenters. The van der Waals surface area contributed by atoms with Crippen molar-refractivity contribution >= 4 is 13.3 Å². The number of aromatic amines is 1. The number of nitrogens with one attached hydrogen (secondary N) is 1. The van der Waals surface area contributed by atoms with Gasteiger partial charge in [-0.05, 0) is 19.1 Å². The van der Waals surface area contributed by atoms with Gasteiger partial charge in [0.05, 0.1) is 12.2 Å². The Kier molecular flexibility index (Phi) is 7.61. The summed E-state index contributed by atoms with van der Waals surface area (Å²) in [5.41, 5.74) is -0.941. The molecule has 2 heterocycles. The number of carbonyl (C=O) groups excluding carboxylic acids is 1. The molecule has 168 valence electrons. The Morgan fingerprint density at radius 1 is 1.23 bits per heavy atom. The zero-order chi connectivity index (χ0) is 22.4. The highest BCUT2D eigenvalue weighted by Crippen LogP contribution is 2.47. The summed E-state index contributed by atoms with van der Waals surface area (Å²) in [7, 11) is -2.98. The van der Waals surface area contributed by atoms with Crippen LogP contribution in [0.1, 0.15) is 36.9 Å². The number of benzene rings is 1. The highest BCUT2D eigenvalue weighted by atomic mass is 31.2. The Balaban J connectivity index is 1.79. The van der Waals surface area contributed by atoms with Gasteiger partial charge in [0, 0.05) is 24.8 Å². The van der Waals surface area contributed by atoms with E-state index >= 15 is 0 Å². The van der Waals surface area contributed by atoms with E-state index in [0.717, 1.165) is 10.6 Å². The number of aromatic nitrogens is 2. The second-order valence-corrected chi connectivity index (χ2v) is 9.64. The first-order valence-corrected chi connectivity index (χ1v) is 11.9. The number of rotatable bonds is 9. The van der Waals surface area contributed by atoms with Gasteiger partial charge in [0.1, 0.15) is 6.35 Å². The molecule has 1 aromatic heterocycles. The minimum atomic E-state index is -2.98. The molecule has 1 aromatic carbocycles. The van der Waals surface area contributed by atoms with E-state index in [9.17, 15) is 18.9 Å². The fraction of sp³-hybridized carbons (Fsp3) is 0.450. The maximum absolute atomic E-state index is 12.6. The predicted octanol–water partition coefficient (Wildman–Crippen LogP) is 2.32. The molecule has 1 N–H and O–H groups in total. The molecule has 1 saturated heterocycles. The van der Waals surface area contributed by atoms with Crippen LogP contribution in [0.5, 0.6) is 0 Å². The molecule has 10 nitrogen and oxygen atoms in total. The molecular weight excluding hydrogens is 427 g/mol. The fourth-order valence-corrected chi connectivity index (χ4v) is 4.43. The Hall–Kier alpha value is -2.52. The lowest BCUT2D eigenvalue weighted by Crippen LogP contribution is -2.36. The van der Waals surface area contributed by atoms with Crippen molar-refractivity contribution in [3.05, 3.63) is 69.0 Å². The summed E-state index contributed by atoms with van der Waals surface area (Å²) in [6.07, 6.45) is -1.32. The summed E-state index contributed by atoms with van der Waals surface area (Å²) < 4.78 is 36.1. The second kappa shape index (κ2) is 10.2. The van der Waals surface area contributed by atoms with Crippen molar-refractivity contribution in [2.45, 2.75) is 38.9 Å². The first-order valence-electron chi connectivity index (χ1n) is 9.92. The van der Waals surface area contributed by atoms with Crippen molar-refractivity contribution in [3.63, 3.8) is 0 Å². The van der Waals surface area contributed by atoms with Crippen molar-refractivity contribution in [1.29, 1.82) is 0 Å². The average molecular weight is 452 g/mol. The highest BCUT2D eigenvalue weighted by molar-refractivity contribution is 7.58. The van der Waals surface area contributed by atoms with E-state index in [4.69, 9.17) is 18.7 Å². The second-order valence-electron chi connectivity index (χ2n) is 6.86. The van der Waals surface area contributed by atoms with E-state index in [1.165, 1.54) is 6.20 Å². The quantitative estimate of drug-likeness (QED) is 0.454. The molecular formula is C20H25N2O8P. The molecule has 2 aromatic rings. The van der Waals surface area contributed by atoms with E-state index in [1.807, 2.05) is 0 Å². The lowest BCUT2D eigenvalue weighted by atomic mass is 10.2. The molecule has 1 fully saturated rings. The summed E-state index contributed by atoms with van der Waals surface area (Å²) >= 11 is 0. The third kappa shape index (κ3) is 5.80. The summed E-state index contributed by atoms with van der Waals surface area (Å²) in [5.74, 6) is -0.592. The van der Waals surface area contributed by atoms with Crippen molar-refractivity contribution < 1.29 is 28.1 Å². The third-order valence-electron chi connectivity index (χ3n) is 4.73. The maximum Gasteiger partial charge on any atom is 0.338 e. The highest BCUT2D eigenvalue weighted by Gasteiger charge is 2.41. The van der Waals surface area contributed by atoms with Crippen molar-refractivity contribution in [2.75, 3.05) is 19.1 Å². The molecule has 11 heteroatoms. The minimum absolute atomic E-state index is 0.102. The van der Waals surface area contributed by atoms with Gasteiger partial charge in [0.2, 0.25) is 7.37 Å². The lowest BCUT2D eigenvalue weighted by molar-refractivity contribution is -0.147. The minimum Gasteiger partial charge on any atom is -0.454 e. The van der Waals surface area contributed by atoms with Gasteiger partial charge in [0.25, 0.3) is 5.56 Å². The topological polar surface area (TPSA) is 126 Å². The number of hydrogen-bond acceptors (Lipinski definition) is 8. The van der Waals surface area contributed by atoms with Crippen LogP contribution in [0, 0.1) is 0 Å². The molecule has 0 amide bonds. The van der Waals surface area contributed by atoms with Crippen molar-refractivity contribution in [1.82, 2.24) is 9.55 Å². The first-order chi connectivity index (χ1) is 14.8. The van der Waals surface area contributed by atoms with Crippen molar-refractivity contribution in [2.24, 2.45) is 0 Å². The van der Waals surface area contributed by atoms with Crippen LogP contribution in [0.4, 0.5) is 0 Å². The van der Waals surface area contributed by atoms with Gasteiger partial charge >= 0.3 is 11.7 Å². The molecule has 3 rings (SSSR count). The zero-order valence-corrected chi connectivity index (χ0v) is 18.2. The largest absolute Gasteiger partial charge is 0.454 e. The standard InChI is InChI=1S/C20H25N2O8P/c1-3-28-31(26,4-2)13-27-17-12-15(29-19(24)14-8-6-5-7-9-14)18(30-17)22-11-10-16(23)21-20(22)25/h5-11,15,17-18H,3-4,12-13H2,1-2H3,(H,21,23,25)/t15-,17-,18+,31?/m0/s1. The SMILES string of the molecule is CCOP(=O)(CC)CO[C@@H]1C[C@H](OC(=O)c2ccccc2)[C@H](n2ccc(=O)[nH]c2=O)O1. The van der Waals surface area contributed by atoms with E-state index in [2.05, 4.69) is 4.98 Å². The predicted molar refractivity (Wildman–Crippen MR) is 111 cm³/mol. The molecule has 1 aliphatic rings. The normalized spacial score (nSPS) is 22.7. The number of esters is 1. The first kappa shape index (κ1) is 23.1. The van der Waals surface area contributed by atoms with Crippen LogP contribution >= 0.6 is 7.37 Å². The summed E-state index contributed by atoms with van der Waals surface area (Å²) in [4.78, 5) is 38.4. The van der Waals surface area contributed by atoms with Crippen LogP contribution in [0.15, 0.2) is 52.2 Å². The van der Waals surface area contributed by atoms with Gasteiger partial charge in [-0.3, -0.25) is 18.9 Å². The van der Waals surface area contributed by atoms with Crippen LogP contribution in [0.3, 0.4) is 0 Å². The molecule has 0 aliphatic carbocycles. The average Bonchev–Trinajstić information content (AvgIpc) is 3.15. The Morgan fingerprint density at radius 2 is 1.97 bits per heavy atom. The van der Waals surface area contributed by atoms with E-state index in [1.54, 1.807) is 44.2 Å². The van der Waals surface area contributed by atoms with Crippen LogP contribution < -0.4 is 11.2 Å². The van der Waals surface area contributed by atoms with Crippen LogP contribution in [0.25, 0.3) is 0 Å². The van der Waals surface area contributed by atoms with Gasteiger partial charge in [-0.2, -0.15) is 0 Å². The van der Waals surface area contributed by atoms with Crippen LogP contribution in [-0.2, 0) is 23.3 Å². The van der Waals surface area contributed by atoms with Crippen molar-refractivity contribution in [3.8, 4) is 0 Å². The monoisotopic (exact) mass is 452 g/mol. The smallest absolute Gasteiger partial charge is 0.338 e. The van der Waals surface area contributed by atoms with Gasteiger partial charge in [-0.15, -0.1) is 0 Å².